The Kier molecular flexibility index (Phi) is 4.21. The van der Waals surface area contributed by atoms with E-state index < -0.39 is 10.0 Å². The van der Waals surface area contributed by atoms with E-state index in [1.165, 1.54) is 6.08 Å². The van der Waals surface area contributed by atoms with E-state index in [1.807, 2.05) is 0 Å². The Balaban J connectivity index is 2.46. The zero-order valence-electron chi connectivity index (χ0n) is 8.46. The standard InChI is InChI=1S/C10H12N2O3S/c11-16(14,15)8-4-7-12-10(13)9-5-2-1-3-6-9/h1-6,8H,7H2,(H,12,13)(H2,11,14,15). The fourth-order valence-electron chi connectivity index (χ4n) is 1.03. The summed E-state index contributed by atoms with van der Waals surface area (Å²) in [5, 5.41) is 8.11. The van der Waals surface area contributed by atoms with E-state index in [-0.39, 0.29) is 12.5 Å². The maximum absolute atomic E-state index is 11.4. The van der Waals surface area contributed by atoms with Gasteiger partial charge in [-0.05, 0) is 12.1 Å². The first kappa shape index (κ1) is 12.4. The minimum atomic E-state index is -3.62. The molecule has 0 saturated heterocycles. The second-order valence-corrected chi connectivity index (χ2v) is 4.49. The third kappa shape index (κ3) is 4.72. The molecular weight excluding hydrogens is 228 g/mol. The van der Waals surface area contributed by atoms with Gasteiger partial charge in [-0.25, -0.2) is 13.6 Å². The molecule has 6 heteroatoms. The molecule has 0 radical (unpaired) electrons. The number of hydrogen-bond acceptors (Lipinski definition) is 3. The summed E-state index contributed by atoms with van der Waals surface area (Å²) in [5.41, 5.74) is 0.520. The first-order valence-electron chi connectivity index (χ1n) is 4.51. The van der Waals surface area contributed by atoms with E-state index in [0.29, 0.717) is 5.56 Å². The molecule has 0 unspecified atom stereocenters. The minimum Gasteiger partial charge on any atom is -0.349 e. The predicted octanol–water partition coefficient (Wildman–Crippen LogP) is 0.219. The van der Waals surface area contributed by atoms with Gasteiger partial charge < -0.3 is 5.32 Å². The highest BCUT2D eigenvalue weighted by atomic mass is 32.2. The first-order chi connectivity index (χ1) is 7.49. The molecule has 0 spiro atoms. The molecule has 0 bridgehead atoms. The van der Waals surface area contributed by atoms with Crippen LogP contribution in [0, 0.1) is 0 Å². The quantitative estimate of drug-likeness (QED) is 0.788. The topological polar surface area (TPSA) is 89.3 Å². The Bertz CT molecular complexity index is 480. The summed E-state index contributed by atoms with van der Waals surface area (Å²) in [5.74, 6) is -0.264. The molecule has 1 rings (SSSR count). The number of carbonyl (C=O) groups excluding carboxylic acids is 1. The van der Waals surface area contributed by atoms with Gasteiger partial charge in [-0.1, -0.05) is 24.3 Å². The molecule has 0 aliphatic rings. The van der Waals surface area contributed by atoms with Gasteiger partial charge in [0.1, 0.15) is 0 Å². The summed E-state index contributed by atoms with van der Waals surface area (Å²) in [4.78, 5) is 11.4. The smallest absolute Gasteiger partial charge is 0.251 e. The van der Waals surface area contributed by atoms with Crippen LogP contribution in [0.25, 0.3) is 0 Å². The van der Waals surface area contributed by atoms with Gasteiger partial charge in [-0.3, -0.25) is 4.79 Å². The van der Waals surface area contributed by atoms with Crippen LogP contribution in [0.5, 0.6) is 0 Å². The van der Waals surface area contributed by atoms with Crippen LogP contribution in [-0.4, -0.2) is 20.9 Å². The van der Waals surface area contributed by atoms with Crippen LogP contribution >= 0.6 is 0 Å². The lowest BCUT2D eigenvalue weighted by Gasteiger charge is -2.00. The number of rotatable bonds is 4. The van der Waals surface area contributed by atoms with Crippen LogP contribution in [0.1, 0.15) is 10.4 Å². The molecule has 0 aliphatic carbocycles. The molecule has 0 fully saturated rings. The average Bonchev–Trinajstić information content (AvgIpc) is 2.24. The van der Waals surface area contributed by atoms with Gasteiger partial charge in [0.15, 0.2) is 0 Å². The molecule has 0 aliphatic heterocycles. The molecule has 1 amide bonds. The molecule has 1 aromatic rings. The van der Waals surface area contributed by atoms with Crippen LogP contribution < -0.4 is 10.5 Å². The number of nitrogens with two attached hydrogens (primary N) is 1. The molecule has 3 N–H and O–H groups in total. The third-order valence-corrected chi connectivity index (χ3v) is 2.27. The number of sulfonamides is 1. The van der Waals surface area contributed by atoms with Crippen LogP contribution in [0.3, 0.4) is 0 Å². The lowest BCUT2D eigenvalue weighted by molar-refractivity contribution is 0.0958. The Morgan fingerprint density at radius 2 is 1.94 bits per heavy atom. The van der Waals surface area contributed by atoms with E-state index in [9.17, 15) is 13.2 Å². The molecule has 0 saturated carbocycles. The van der Waals surface area contributed by atoms with Crippen molar-refractivity contribution in [2.75, 3.05) is 6.54 Å². The highest BCUT2D eigenvalue weighted by Gasteiger charge is 2.01. The zero-order chi connectivity index (χ0) is 12.0. The van der Waals surface area contributed by atoms with Crippen LogP contribution in [0.15, 0.2) is 41.8 Å². The highest BCUT2D eigenvalue weighted by molar-refractivity contribution is 7.92. The van der Waals surface area contributed by atoms with E-state index in [2.05, 4.69) is 5.32 Å². The Labute approximate surface area is 94.0 Å². The summed E-state index contributed by atoms with van der Waals surface area (Å²) in [7, 11) is -3.62. The summed E-state index contributed by atoms with van der Waals surface area (Å²) < 4.78 is 21.0. The molecule has 0 aromatic heterocycles. The highest BCUT2D eigenvalue weighted by Crippen LogP contribution is 1.97. The van der Waals surface area contributed by atoms with Crippen molar-refractivity contribution in [3.8, 4) is 0 Å². The predicted molar refractivity (Wildman–Crippen MR) is 61.0 cm³/mol. The maximum Gasteiger partial charge on any atom is 0.251 e. The number of hydrogen-bond donors (Lipinski definition) is 2. The fourth-order valence-corrected chi connectivity index (χ4v) is 1.39. The van der Waals surface area contributed by atoms with Crippen LogP contribution in [0.2, 0.25) is 0 Å². The third-order valence-electron chi connectivity index (χ3n) is 1.70. The lowest BCUT2D eigenvalue weighted by atomic mass is 10.2. The number of benzene rings is 1. The average molecular weight is 240 g/mol. The summed E-state index contributed by atoms with van der Waals surface area (Å²) in [6, 6.07) is 8.62. The zero-order valence-corrected chi connectivity index (χ0v) is 9.28. The molecule has 1 aromatic carbocycles. The van der Waals surface area contributed by atoms with Crippen molar-refractivity contribution in [3.05, 3.63) is 47.4 Å². The minimum absolute atomic E-state index is 0.115. The molecular formula is C10H12N2O3S. The summed E-state index contributed by atoms with van der Waals surface area (Å²) >= 11 is 0. The van der Waals surface area contributed by atoms with Crippen molar-refractivity contribution in [3.63, 3.8) is 0 Å². The normalized spacial score (nSPS) is 11.6. The fraction of sp³-hybridized carbons (Fsp3) is 0.100. The number of carbonyl (C=O) groups is 1. The van der Waals surface area contributed by atoms with E-state index >= 15 is 0 Å². The van der Waals surface area contributed by atoms with Crippen molar-refractivity contribution >= 4 is 15.9 Å². The van der Waals surface area contributed by atoms with Gasteiger partial charge in [0.25, 0.3) is 5.91 Å². The molecule has 16 heavy (non-hydrogen) atoms. The monoisotopic (exact) mass is 240 g/mol. The van der Waals surface area contributed by atoms with Gasteiger partial charge in [-0.15, -0.1) is 0 Å². The van der Waals surface area contributed by atoms with Gasteiger partial charge in [0.2, 0.25) is 10.0 Å². The van der Waals surface area contributed by atoms with Gasteiger partial charge in [0, 0.05) is 17.5 Å². The van der Waals surface area contributed by atoms with E-state index in [1.54, 1.807) is 30.3 Å². The SMILES string of the molecule is NS(=O)(=O)C=CCNC(=O)c1ccccc1. The van der Waals surface area contributed by atoms with E-state index in [4.69, 9.17) is 5.14 Å². The van der Waals surface area contributed by atoms with Gasteiger partial charge >= 0.3 is 0 Å². The second kappa shape index (κ2) is 5.43. The molecule has 0 atom stereocenters. The summed E-state index contributed by atoms with van der Waals surface area (Å²) in [6.07, 6.45) is 1.27. The molecule has 5 nitrogen and oxygen atoms in total. The Morgan fingerprint density at radius 1 is 1.31 bits per heavy atom. The van der Waals surface area contributed by atoms with Crippen molar-refractivity contribution < 1.29 is 13.2 Å². The molecule has 0 heterocycles. The maximum atomic E-state index is 11.4. The van der Waals surface area contributed by atoms with Crippen molar-refractivity contribution in [1.29, 1.82) is 0 Å². The first-order valence-corrected chi connectivity index (χ1v) is 6.12. The largest absolute Gasteiger partial charge is 0.349 e. The Morgan fingerprint density at radius 3 is 2.50 bits per heavy atom. The lowest BCUT2D eigenvalue weighted by Crippen LogP contribution is -2.23. The van der Waals surface area contributed by atoms with Crippen molar-refractivity contribution in [2.45, 2.75) is 0 Å². The van der Waals surface area contributed by atoms with Crippen molar-refractivity contribution in [2.24, 2.45) is 5.14 Å². The number of primary sulfonamides is 1. The van der Waals surface area contributed by atoms with Crippen LogP contribution in [-0.2, 0) is 10.0 Å². The Hall–Kier alpha value is -1.66. The summed E-state index contributed by atoms with van der Waals surface area (Å²) in [6.45, 7) is 0.115. The van der Waals surface area contributed by atoms with Crippen molar-refractivity contribution in [1.82, 2.24) is 5.32 Å². The van der Waals surface area contributed by atoms with E-state index in [0.717, 1.165) is 5.41 Å². The van der Waals surface area contributed by atoms with Crippen LogP contribution in [0.4, 0.5) is 0 Å². The second-order valence-electron chi connectivity index (χ2n) is 3.04. The number of nitrogens with one attached hydrogen (secondary N) is 1. The van der Waals surface area contributed by atoms with Gasteiger partial charge in [-0.2, -0.15) is 0 Å². The molecule has 86 valence electrons. The number of amides is 1. The van der Waals surface area contributed by atoms with Gasteiger partial charge in [0.05, 0.1) is 0 Å².